The minimum Gasteiger partial charge on any atom is -0.351 e. The highest BCUT2D eigenvalue weighted by atomic mass is 32.1. The van der Waals surface area contributed by atoms with Gasteiger partial charge in [0.15, 0.2) is 0 Å². The summed E-state index contributed by atoms with van der Waals surface area (Å²) in [5, 5.41) is 4.09. The monoisotopic (exact) mass is 357 g/mol. The molecule has 25 heavy (non-hydrogen) atoms. The molecular weight excluding hydrogens is 330 g/mol. The van der Waals surface area contributed by atoms with E-state index in [9.17, 15) is 4.79 Å². The van der Waals surface area contributed by atoms with E-state index in [1.807, 2.05) is 13.8 Å². The van der Waals surface area contributed by atoms with Crippen molar-refractivity contribution in [3.63, 3.8) is 0 Å². The molecule has 0 bridgehead atoms. The number of carbonyl (C=O) groups is 1. The van der Waals surface area contributed by atoms with Gasteiger partial charge in [-0.15, -0.1) is 11.3 Å². The molecule has 1 aliphatic heterocycles. The molecule has 1 aliphatic rings. The number of amides is 1. The van der Waals surface area contributed by atoms with Crippen LogP contribution < -0.4 is 5.32 Å². The molecule has 2 heterocycles. The Morgan fingerprint density at radius 2 is 2.16 bits per heavy atom. The van der Waals surface area contributed by atoms with Crippen molar-refractivity contribution in [1.29, 1.82) is 0 Å². The van der Waals surface area contributed by atoms with Gasteiger partial charge in [0.1, 0.15) is 4.88 Å². The Hall–Kier alpha value is -1.72. The third kappa shape index (κ3) is 4.47. The first kappa shape index (κ1) is 18.1. The first-order chi connectivity index (χ1) is 12.1. The average Bonchev–Trinajstić information content (AvgIpc) is 3.21. The molecule has 1 aromatic heterocycles. The summed E-state index contributed by atoms with van der Waals surface area (Å²) < 4.78 is 0. The molecule has 134 valence electrons. The van der Waals surface area contributed by atoms with Gasteiger partial charge < -0.3 is 5.32 Å². The van der Waals surface area contributed by atoms with E-state index < -0.39 is 0 Å². The summed E-state index contributed by atoms with van der Waals surface area (Å²) >= 11 is 1.50. The fourth-order valence-electron chi connectivity index (χ4n) is 3.46. The number of likely N-dealkylation sites (tertiary alicyclic amines) is 1. The number of benzene rings is 1. The number of aryl methyl sites for hydroxylation is 3. The number of nitrogens with zero attached hydrogens (tertiary/aromatic N) is 2. The molecule has 4 nitrogen and oxygen atoms in total. The minimum atomic E-state index is 0.0415. The SMILES string of the molecule is CCc1nc(C)sc1C(=O)NC[C@@H]1CCN(Cc2ccccc2C)C1. The van der Waals surface area contributed by atoms with Crippen LogP contribution >= 0.6 is 11.3 Å². The van der Waals surface area contributed by atoms with Crippen LogP contribution in [0.2, 0.25) is 0 Å². The molecule has 1 fully saturated rings. The minimum absolute atomic E-state index is 0.0415. The molecule has 0 radical (unpaired) electrons. The fourth-order valence-corrected chi connectivity index (χ4v) is 4.38. The van der Waals surface area contributed by atoms with Crippen molar-refractivity contribution in [3.05, 3.63) is 51.0 Å². The lowest BCUT2D eigenvalue weighted by atomic mass is 10.1. The van der Waals surface area contributed by atoms with Crippen molar-refractivity contribution in [2.75, 3.05) is 19.6 Å². The highest BCUT2D eigenvalue weighted by molar-refractivity contribution is 7.13. The van der Waals surface area contributed by atoms with Gasteiger partial charge in [-0.05, 0) is 50.3 Å². The van der Waals surface area contributed by atoms with Crippen LogP contribution in [0.25, 0.3) is 0 Å². The van der Waals surface area contributed by atoms with E-state index in [2.05, 4.69) is 46.4 Å². The number of hydrogen-bond donors (Lipinski definition) is 1. The average molecular weight is 358 g/mol. The Morgan fingerprint density at radius 1 is 1.36 bits per heavy atom. The van der Waals surface area contributed by atoms with Crippen molar-refractivity contribution >= 4 is 17.2 Å². The van der Waals surface area contributed by atoms with E-state index in [-0.39, 0.29) is 5.91 Å². The van der Waals surface area contributed by atoms with E-state index in [4.69, 9.17) is 0 Å². The van der Waals surface area contributed by atoms with E-state index in [1.54, 1.807) is 0 Å². The van der Waals surface area contributed by atoms with Gasteiger partial charge in [-0.25, -0.2) is 4.98 Å². The highest BCUT2D eigenvalue weighted by Gasteiger charge is 2.24. The lowest BCUT2D eigenvalue weighted by molar-refractivity contribution is 0.0950. The summed E-state index contributed by atoms with van der Waals surface area (Å²) in [5.74, 6) is 0.576. The van der Waals surface area contributed by atoms with Gasteiger partial charge in [0.05, 0.1) is 10.7 Å². The topological polar surface area (TPSA) is 45.2 Å². The Morgan fingerprint density at radius 3 is 2.92 bits per heavy atom. The van der Waals surface area contributed by atoms with Crippen LogP contribution in [-0.2, 0) is 13.0 Å². The standard InChI is InChI=1S/C20H27N3OS/c1-4-18-19(25-15(3)22-18)20(24)21-11-16-9-10-23(12-16)13-17-8-6-5-7-14(17)2/h5-8,16H,4,9-13H2,1-3H3,(H,21,24)/t16-/m0/s1. The summed E-state index contributed by atoms with van der Waals surface area (Å²) in [6.45, 7) is 10.1. The van der Waals surface area contributed by atoms with Crippen LogP contribution in [0.5, 0.6) is 0 Å². The number of aromatic nitrogens is 1. The molecule has 1 saturated heterocycles. The second kappa shape index (κ2) is 8.11. The van der Waals surface area contributed by atoms with Crippen molar-refractivity contribution < 1.29 is 4.79 Å². The summed E-state index contributed by atoms with van der Waals surface area (Å²) in [4.78, 5) is 20.2. The zero-order chi connectivity index (χ0) is 17.8. The van der Waals surface area contributed by atoms with Crippen molar-refractivity contribution in [1.82, 2.24) is 15.2 Å². The van der Waals surface area contributed by atoms with Crippen LogP contribution in [0.1, 0.15) is 44.8 Å². The lowest BCUT2D eigenvalue weighted by Crippen LogP contribution is -2.31. The van der Waals surface area contributed by atoms with Crippen LogP contribution in [0.4, 0.5) is 0 Å². The summed E-state index contributed by atoms with van der Waals surface area (Å²) in [7, 11) is 0. The molecular formula is C20H27N3OS. The quantitative estimate of drug-likeness (QED) is 0.859. The molecule has 1 aromatic carbocycles. The third-order valence-electron chi connectivity index (χ3n) is 4.92. The van der Waals surface area contributed by atoms with Crippen LogP contribution in [0.15, 0.2) is 24.3 Å². The molecule has 1 N–H and O–H groups in total. The zero-order valence-corrected chi connectivity index (χ0v) is 16.2. The number of carbonyl (C=O) groups excluding carboxylic acids is 1. The van der Waals surface area contributed by atoms with Crippen LogP contribution in [0, 0.1) is 19.8 Å². The molecule has 3 rings (SSSR count). The Kier molecular flexibility index (Phi) is 5.86. The normalized spacial score (nSPS) is 17.8. The van der Waals surface area contributed by atoms with Crippen molar-refractivity contribution in [2.45, 2.75) is 40.2 Å². The Balaban J connectivity index is 1.50. The first-order valence-electron chi connectivity index (χ1n) is 9.08. The molecule has 0 aliphatic carbocycles. The molecule has 1 amide bonds. The number of rotatable bonds is 6. The largest absolute Gasteiger partial charge is 0.351 e. The lowest BCUT2D eigenvalue weighted by Gasteiger charge is -2.17. The predicted molar refractivity (Wildman–Crippen MR) is 103 cm³/mol. The first-order valence-corrected chi connectivity index (χ1v) is 9.89. The summed E-state index contributed by atoms with van der Waals surface area (Å²) in [6, 6.07) is 8.58. The molecule has 0 unspecified atom stereocenters. The summed E-state index contributed by atoms with van der Waals surface area (Å²) in [5.41, 5.74) is 3.68. The molecule has 2 aromatic rings. The maximum absolute atomic E-state index is 12.5. The van der Waals surface area contributed by atoms with Gasteiger partial charge in [0.2, 0.25) is 0 Å². The molecule has 5 heteroatoms. The van der Waals surface area contributed by atoms with Gasteiger partial charge in [-0.2, -0.15) is 0 Å². The Labute approximate surface area is 154 Å². The Bertz CT molecular complexity index is 740. The van der Waals surface area contributed by atoms with Gasteiger partial charge >= 0.3 is 0 Å². The van der Waals surface area contributed by atoms with Crippen LogP contribution in [0.3, 0.4) is 0 Å². The molecule has 0 saturated carbocycles. The fraction of sp³-hybridized carbons (Fsp3) is 0.500. The van der Waals surface area contributed by atoms with E-state index in [1.165, 1.54) is 22.5 Å². The van der Waals surface area contributed by atoms with Crippen molar-refractivity contribution in [3.8, 4) is 0 Å². The van der Waals surface area contributed by atoms with Gasteiger partial charge in [-0.3, -0.25) is 9.69 Å². The second-order valence-electron chi connectivity index (χ2n) is 6.89. The number of thiazole rings is 1. The van der Waals surface area contributed by atoms with E-state index >= 15 is 0 Å². The second-order valence-corrected chi connectivity index (χ2v) is 8.09. The van der Waals surface area contributed by atoms with Gasteiger partial charge in [0, 0.05) is 19.6 Å². The van der Waals surface area contributed by atoms with Crippen molar-refractivity contribution in [2.24, 2.45) is 5.92 Å². The summed E-state index contributed by atoms with van der Waals surface area (Å²) in [6.07, 6.45) is 1.95. The molecule has 0 spiro atoms. The van der Waals surface area contributed by atoms with E-state index in [0.29, 0.717) is 5.92 Å². The third-order valence-corrected chi connectivity index (χ3v) is 5.93. The predicted octanol–water partition coefficient (Wildman–Crippen LogP) is 3.57. The highest BCUT2D eigenvalue weighted by Crippen LogP contribution is 2.21. The maximum Gasteiger partial charge on any atom is 0.263 e. The maximum atomic E-state index is 12.5. The number of hydrogen-bond acceptors (Lipinski definition) is 4. The van der Waals surface area contributed by atoms with Gasteiger partial charge in [0.25, 0.3) is 5.91 Å². The van der Waals surface area contributed by atoms with Crippen LogP contribution in [-0.4, -0.2) is 35.4 Å². The molecule has 1 atom stereocenters. The van der Waals surface area contributed by atoms with Gasteiger partial charge in [-0.1, -0.05) is 31.2 Å². The van der Waals surface area contributed by atoms with E-state index in [0.717, 1.165) is 54.6 Å². The number of nitrogens with one attached hydrogen (secondary N) is 1. The zero-order valence-electron chi connectivity index (χ0n) is 15.3. The smallest absolute Gasteiger partial charge is 0.263 e.